The second-order valence-corrected chi connectivity index (χ2v) is 9.96. The largest absolute Gasteiger partial charge is 0.490 e. The summed E-state index contributed by atoms with van der Waals surface area (Å²) in [4.78, 5) is 20.7. The molecular formula is C21H16ClF3O6S2. The molecule has 0 saturated carbocycles. The lowest BCUT2D eigenvalue weighted by Gasteiger charge is -2.09. The van der Waals surface area contributed by atoms with Crippen LogP contribution in [0.4, 0.5) is 13.2 Å². The Balaban J connectivity index is 0.000000479. The second kappa shape index (κ2) is 10.4. The molecule has 3 aromatic rings. The summed E-state index contributed by atoms with van der Waals surface area (Å²) in [6.45, 7) is 1.97. The fourth-order valence-electron chi connectivity index (χ4n) is 2.59. The number of carboxylic acids is 1. The number of ether oxygens (including phenoxy) is 1. The molecule has 6 nitrogen and oxygen atoms in total. The first kappa shape index (κ1) is 26.4. The monoisotopic (exact) mass is 520 g/mol. The van der Waals surface area contributed by atoms with E-state index in [4.69, 9.17) is 21.5 Å². The third kappa shape index (κ3) is 6.34. The molecule has 176 valence electrons. The number of carboxylic acid groups (broad SMARTS) is 1. The van der Waals surface area contributed by atoms with E-state index in [1.165, 1.54) is 19.2 Å². The van der Waals surface area contributed by atoms with Crippen LogP contribution in [0.15, 0.2) is 64.4 Å². The van der Waals surface area contributed by atoms with Gasteiger partial charge in [0.05, 0.1) is 12.0 Å². The molecule has 0 aliphatic carbocycles. The number of esters is 1. The smallest absolute Gasteiger partial charge is 0.475 e. The summed E-state index contributed by atoms with van der Waals surface area (Å²) in [6, 6.07) is 15.7. The SMILES string of the molecule is COC(=O)c1cc(S(=O)(=O)c2cccc(-c3ccccc3C)c2)c(Cl)s1.O=C(O)C(F)(F)F. The fraction of sp³-hybridized carbons (Fsp3) is 0.143. The topological polar surface area (TPSA) is 97.7 Å². The maximum absolute atomic E-state index is 13.0. The van der Waals surface area contributed by atoms with Crippen molar-refractivity contribution in [3.05, 3.63) is 69.4 Å². The third-order valence-electron chi connectivity index (χ3n) is 4.17. The first-order valence-corrected chi connectivity index (χ1v) is 11.6. The van der Waals surface area contributed by atoms with Gasteiger partial charge in [0.2, 0.25) is 9.84 Å². The van der Waals surface area contributed by atoms with E-state index in [1.807, 2.05) is 37.3 Å². The van der Waals surface area contributed by atoms with Crippen molar-refractivity contribution >= 4 is 44.7 Å². The maximum Gasteiger partial charge on any atom is 0.490 e. The van der Waals surface area contributed by atoms with Gasteiger partial charge in [-0.25, -0.2) is 18.0 Å². The number of carbonyl (C=O) groups excluding carboxylic acids is 1. The molecule has 12 heteroatoms. The first-order valence-electron chi connectivity index (χ1n) is 8.88. The minimum atomic E-state index is -5.08. The summed E-state index contributed by atoms with van der Waals surface area (Å²) >= 11 is 6.98. The highest BCUT2D eigenvalue weighted by Crippen LogP contribution is 2.36. The minimum Gasteiger partial charge on any atom is -0.475 e. The van der Waals surface area contributed by atoms with Crippen LogP contribution >= 0.6 is 22.9 Å². The van der Waals surface area contributed by atoms with Crippen molar-refractivity contribution in [2.75, 3.05) is 7.11 Å². The zero-order valence-electron chi connectivity index (χ0n) is 17.0. The number of alkyl halides is 3. The first-order chi connectivity index (χ1) is 15.3. The molecule has 0 spiro atoms. The normalized spacial score (nSPS) is 11.3. The number of hydrogen-bond acceptors (Lipinski definition) is 6. The quantitative estimate of drug-likeness (QED) is 0.448. The molecule has 0 unspecified atom stereocenters. The lowest BCUT2D eigenvalue weighted by atomic mass is 10.0. The molecular weight excluding hydrogens is 505 g/mol. The van der Waals surface area contributed by atoms with E-state index >= 15 is 0 Å². The van der Waals surface area contributed by atoms with Crippen LogP contribution in [0.2, 0.25) is 4.34 Å². The van der Waals surface area contributed by atoms with Gasteiger partial charge < -0.3 is 9.84 Å². The van der Waals surface area contributed by atoms with Gasteiger partial charge in [-0.3, -0.25) is 0 Å². The zero-order chi connectivity index (χ0) is 25.0. The number of methoxy groups -OCH3 is 1. The third-order valence-corrected chi connectivity index (χ3v) is 7.53. The van der Waals surface area contributed by atoms with Gasteiger partial charge in [-0.15, -0.1) is 11.3 Å². The second-order valence-electron chi connectivity index (χ2n) is 6.39. The van der Waals surface area contributed by atoms with Crippen molar-refractivity contribution < 1.29 is 41.0 Å². The van der Waals surface area contributed by atoms with E-state index in [0.29, 0.717) is 0 Å². The van der Waals surface area contributed by atoms with Gasteiger partial charge in [-0.2, -0.15) is 13.2 Å². The van der Waals surface area contributed by atoms with Crippen LogP contribution in [-0.4, -0.2) is 38.7 Å². The van der Waals surface area contributed by atoms with E-state index in [-0.39, 0.29) is 19.0 Å². The van der Waals surface area contributed by atoms with Crippen LogP contribution in [-0.2, 0) is 19.4 Å². The highest BCUT2D eigenvalue weighted by molar-refractivity contribution is 7.91. The highest BCUT2D eigenvalue weighted by atomic mass is 35.5. The summed E-state index contributed by atoms with van der Waals surface area (Å²) in [6.07, 6.45) is -5.08. The van der Waals surface area contributed by atoms with E-state index in [1.54, 1.807) is 12.1 Å². The van der Waals surface area contributed by atoms with E-state index in [9.17, 15) is 26.4 Å². The van der Waals surface area contributed by atoms with Crippen LogP contribution in [0.1, 0.15) is 15.2 Å². The Morgan fingerprint density at radius 1 is 1.06 bits per heavy atom. The molecule has 0 fully saturated rings. The molecule has 1 aromatic heterocycles. The Labute approximate surface area is 196 Å². The number of aryl methyl sites for hydroxylation is 1. The Morgan fingerprint density at radius 2 is 1.67 bits per heavy atom. The Bertz CT molecular complexity index is 1280. The number of benzene rings is 2. The van der Waals surface area contributed by atoms with Gasteiger partial charge in [-0.1, -0.05) is 48.0 Å². The zero-order valence-corrected chi connectivity index (χ0v) is 19.4. The standard InChI is InChI=1S/C19H15ClO4S2.C2HF3O2/c1-12-6-3-4-9-15(12)13-7-5-8-14(10-13)26(22,23)17-11-16(19(21)24-2)25-18(17)20;3-2(4,5)1(6)7/h3-11H,1-2H3;(H,6,7). The molecule has 2 aromatic carbocycles. The van der Waals surface area contributed by atoms with E-state index < -0.39 is 28.0 Å². The molecule has 0 bridgehead atoms. The van der Waals surface area contributed by atoms with E-state index in [0.717, 1.165) is 28.0 Å². The predicted molar refractivity (Wildman–Crippen MR) is 116 cm³/mol. The molecule has 0 radical (unpaired) electrons. The highest BCUT2D eigenvalue weighted by Gasteiger charge is 2.38. The lowest BCUT2D eigenvalue weighted by Crippen LogP contribution is -2.21. The van der Waals surface area contributed by atoms with Gasteiger partial charge >= 0.3 is 18.1 Å². The molecule has 0 amide bonds. The fourth-order valence-corrected chi connectivity index (χ4v) is 5.70. The average molecular weight is 521 g/mol. The van der Waals surface area contributed by atoms with Gasteiger partial charge in [0.25, 0.3) is 0 Å². The molecule has 0 aliphatic heterocycles. The number of halogens is 4. The average Bonchev–Trinajstić information content (AvgIpc) is 3.16. The number of thiophene rings is 1. The van der Waals surface area contributed by atoms with Crippen LogP contribution in [0, 0.1) is 6.92 Å². The molecule has 1 heterocycles. The van der Waals surface area contributed by atoms with Crippen molar-refractivity contribution in [1.29, 1.82) is 0 Å². The minimum absolute atomic E-state index is 0.0340. The number of carbonyl (C=O) groups is 2. The molecule has 1 N–H and O–H groups in total. The number of hydrogen-bond donors (Lipinski definition) is 1. The molecule has 0 aliphatic rings. The van der Waals surface area contributed by atoms with Gasteiger partial charge in [0.15, 0.2) is 0 Å². The Kier molecular flexibility index (Phi) is 8.28. The van der Waals surface area contributed by atoms with Crippen molar-refractivity contribution in [3.63, 3.8) is 0 Å². The molecule has 0 atom stereocenters. The van der Waals surface area contributed by atoms with Crippen LogP contribution in [0.3, 0.4) is 0 Å². The van der Waals surface area contributed by atoms with Crippen molar-refractivity contribution in [2.45, 2.75) is 22.9 Å². The van der Waals surface area contributed by atoms with Crippen molar-refractivity contribution in [2.24, 2.45) is 0 Å². The van der Waals surface area contributed by atoms with Crippen molar-refractivity contribution in [1.82, 2.24) is 0 Å². The summed E-state index contributed by atoms with van der Waals surface area (Å²) in [5.41, 5.74) is 2.79. The Morgan fingerprint density at radius 3 is 2.21 bits per heavy atom. The maximum atomic E-state index is 13.0. The van der Waals surface area contributed by atoms with Crippen LogP contribution < -0.4 is 0 Å². The number of rotatable bonds is 4. The van der Waals surface area contributed by atoms with Crippen LogP contribution in [0.5, 0.6) is 0 Å². The Hall–Kier alpha value is -2.89. The van der Waals surface area contributed by atoms with E-state index in [2.05, 4.69) is 4.74 Å². The molecule has 33 heavy (non-hydrogen) atoms. The van der Waals surface area contributed by atoms with Crippen LogP contribution in [0.25, 0.3) is 11.1 Å². The summed E-state index contributed by atoms with van der Waals surface area (Å²) in [7, 11) is -2.63. The van der Waals surface area contributed by atoms with Crippen molar-refractivity contribution in [3.8, 4) is 11.1 Å². The lowest BCUT2D eigenvalue weighted by molar-refractivity contribution is -0.192. The number of aliphatic carboxylic acids is 1. The summed E-state index contributed by atoms with van der Waals surface area (Å²) in [5.74, 6) is -3.38. The predicted octanol–water partition coefficient (Wildman–Crippen LogP) is 5.63. The summed E-state index contributed by atoms with van der Waals surface area (Å²) in [5, 5.41) is 7.12. The van der Waals surface area contributed by atoms with Gasteiger partial charge in [0, 0.05) is 0 Å². The van der Waals surface area contributed by atoms with Gasteiger partial charge in [-0.05, 0) is 41.8 Å². The van der Waals surface area contributed by atoms with Gasteiger partial charge in [0.1, 0.15) is 14.1 Å². The number of sulfone groups is 1. The molecule has 3 rings (SSSR count). The summed E-state index contributed by atoms with van der Waals surface area (Å²) < 4.78 is 62.4. The molecule has 0 saturated heterocycles.